The number of amides is 1. The van der Waals surface area contributed by atoms with Gasteiger partial charge in [-0.05, 0) is 30.7 Å². The number of carbonyl (C=O) groups excluding carboxylic acids is 1. The van der Waals surface area contributed by atoms with Crippen LogP contribution in [0.5, 0.6) is 11.5 Å². The van der Waals surface area contributed by atoms with E-state index in [4.69, 9.17) is 17.0 Å². The smallest absolute Gasteiger partial charge is 0.266 e. The molecule has 1 saturated heterocycles. The van der Waals surface area contributed by atoms with Crippen LogP contribution >= 0.6 is 24.0 Å². The van der Waals surface area contributed by atoms with Crippen LogP contribution in [0.3, 0.4) is 0 Å². The highest BCUT2D eigenvalue weighted by Gasteiger charge is 2.30. The molecule has 2 rings (SSSR count). The molecule has 0 saturated carbocycles. The van der Waals surface area contributed by atoms with Crippen LogP contribution in [0.1, 0.15) is 12.5 Å². The molecule has 0 spiro atoms. The Balaban J connectivity index is 2.28. The van der Waals surface area contributed by atoms with Gasteiger partial charge in [0.05, 0.1) is 11.5 Å². The number of thiocarbonyl (C=S) groups is 1. The second kappa shape index (κ2) is 6.78. The third-order valence-corrected chi connectivity index (χ3v) is 4.14. The monoisotopic (exact) mass is 321 g/mol. The largest absolute Gasteiger partial charge is 0.504 e. The van der Waals surface area contributed by atoms with E-state index in [2.05, 4.69) is 6.58 Å². The van der Waals surface area contributed by atoms with Crippen LogP contribution in [0, 0.1) is 0 Å². The second-order valence-electron chi connectivity index (χ2n) is 4.24. The van der Waals surface area contributed by atoms with E-state index in [1.54, 1.807) is 30.4 Å². The summed E-state index contributed by atoms with van der Waals surface area (Å²) in [5.74, 6) is 0.344. The molecular weight excluding hydrogens is 306 g/mol. The van der Waals surface area contributed by atoms with Crippen LogP contribution in [0.25, 0.3) is 6.08 Å². The topological polar surface area (TPSA) is 49.8 Å². The lowest BCUT2D eigenvalue weighted by Crippen LogP contribution is -2.27. The molecule has 0 aromatic heterocycles. The minimum absolute atomic E-state index is 0.0770. The first-order valence-corrected chi connectivity index (χ1v) is 7.61. The number of phenols is 1. The van der Waals surface area contributed by atoms with Crippen LogP contribution in [0.2, 0.25) is 0 Å². The zero-order valence-electron chi connectivity index (χ0n) is 11.5. The molecule has 1 aliphatic heterocycles. The van der Waals surface area contributed by atoms with Crippen LogP contribution in [-0.2, 0) is 4.79 Å². The van der Waals surface area contributed by atoms with E-state index in [1.165, 1.54) is 16.7 Å². The quantitative estimate of drug-likeness (QED) is 0.513. The Morgan fingerprint density at radius 1 is 1.52 bits per heavy atom. The summed E-state index contributed by atoms with van der Waals surface area (Å²) < 4.78 is 5.85. The summed E-state index contributed by atoms with van der Waals surface area (Å²) in [5.41, 5.74) is 0.773. The predicted molar refractivity (Wildman–Crippen MR) is 89.4 cm³/mol. The maximum Gasteiger partial charge on any atom is 0.266 e. The molecule has 0 radical (unpaired) electrons. The van der Waals surface area contributed by atoms with Gasteiger partial charge in [0, 0.05) is 6.54 Å². The summed E-state index contributed by atoms with van der Waals surface area (Å²) in [6, 6.07) is 4.96. The molecule has 110 valence electrons. The number of aromatic hydroxyl groups is 1. The van der Waals surface area contributed by atoms with Gasteiger partial charge >= 0.3 is 0 Å². The van der Waals surface area contributed by atoms with Crippen molar-refractivity contribution in [1.82, 2.24) is 4.90 Å². The van der Waals surface area contributed by atoms with E-state index in [9.17, 15) is 9.90 Å². The van der Waals surface area contributed by atoms with E-state index >= 15 is 0 Å². The Bertz CT molecular complexity index is 625. The predicted octanol–water partition coefficient (Wildman–Crippen LogP) is 3.18. The lowest BCUT2D eigenvalue weighted by atomic mass is 10.2. The number of hydrogen-bond donors (Lipinski definition) is 1. The fraction of sp³-hybridized carbons (Fsp3) is 0.200. The normalized spacial score (nSPS) is 16.6. The van der Waals surface area contributed by atoms with Crippen LogP contribution < -0.4 is 4.74 Å². The molecule has 0 aliphatic carbocycles. The minimum Gasteiger partial charge on any atom is -0.504 e. The number of rotatable bonds is 5. The number of carbonyl (C=O) groups is 1. The van der Waals surface area contributed by atoms with Gasteiger partial charge in [0.1, 0.15) is 4.32 Å². The first kappa shape index (κ1) is 15.6. The average molecular weight is 321 g/mol. The summed E-state index contributed by atoms with van der Waals surface area (Å²) in [5, 5.41) is 9.68. The molecule has 1 amide bonds. The zero-order valence-corrected chi connectivity index (χ0v) is 13.2. The summed E-state index contributed by atoms with van der Waals surface area (Å²) in [6.45, 7) is 6.32. The highest BCUT2D eigenvalue weighted by atomic mass is 32.2. The Labute approximate surface area is 133 Å². The van der Waals surface area contributed by atoms with Gasteiger partial charge in [0.25, 0.3) is 5.91 Å². The van der Waals surface area contributed by atoms with Gasteiger partial charge in [-0.3, -0.25) is 9.69 Å². The lowest BCUT2D eigenvalue weighted by Gasteiger charge is -2.10. The Kier molecular flexibility index (Phi) is 5.03. The number of nitrogens with zero attached hydrogens (tertiary/aromatic N) is 1. The van der Waals surface area contributed by atoms with Crippen LogP contribution in [0.4, 0.5) is 0 Å². The molecule has 1 aromatic rings. The Morgan fingerprint density at radius 2 is 2.29 bits per heavy atom. The molecule has 6 heteroatoms. The highest BCUT2D eigenvalue weighted by molar-refractivity contribution is 8.26. The summed E-state index contributed by atoms with van der Waals surface area (Å²) in [4.78, 5) is 14.3. The SMILES string of the molecule is C=CCN1C(=O)C(=Cc2ccc(O)c(OCC)c2)SC1=S. The van der Waals surface area contributed by atoms with E-state index in [0.29, 0.717) is 28.1 Å². The fourth-order valence-corrected chi connectivity index (χ4v) is 3.10. The standard InChI is InChI=1S/C15H15NO3S2/c1-3-7-16-14(18)13(21-15(16)20)9-10-5-6-11(17)12(8-10)19-4-2/h3,5-6,8-9,17H,1,4,7H2,2H3. The number of phenolic OH excluding ortho intramolecular Hbond substituents is 1. The maximum absolute atomic E-state index is 12.2. The van der Waals surface area contributed by atoms with Crippen molar-refractivity contribution in [3.63, 3.8) is 0 Å². The van der Waals surface area contributed by atoms with Crippen molar-refractivity contribution in [3.8, 4) is 11.5 Å². The Hall–Kier alpha value is -1.79. The van der Waals surface area contributed by atoms with Crippen molar-refractivity contribution in [2.24, 2.45) is 0 Å². The van der Waals surface area contributed by atoms with Gasteiger partial charge in [-0.2, -0.15) is 0 Å². The van der Waals surface area contributed by atoms with Crippen molar-refractivity contribution < 1.29 is 14.6 Å². The minimum atomic E-state index is -0.129. The zero-order chi connectivity index (χ0) is 15.4. The van der Waals surface area contributed by atoms with Crippen LogP contribution in [0.15, 0.2) is 35.8 Å². The lowest BCUT2D eigenvalue weighted by molar-refractivity contribution is -0.121. The Morgan fingerprint density at radius 3 is 2.95 bits per heavy atom. The van der Waals surface area contributed by atoms with Gasteiger partial charge in [-0.15, -0.1) is 6.58 Å². The summed E-state index contributed by atoms with van der Waals surface area (Å²) in [6.07, 6.45) is 3.38. The average Bonchev–Trinajstić information content (AvgIpc) is 2.71. The molecule has 21 heavy (non-hydrogen) atoms. The van der Waals surface area contributed by atoms with Gasteiger partial charge in [-0.1, -0.05) is 36.1 Å². The third kappa shape index (κ3) is 3.46. The van der Waals surface area contributed by atoms with E-state index in [1.807, 2.05) is 6.92 Å². The molecule has 1 fully saturated rings. The molecule has 0 unspecified atom stereocenters. The van der Waals surface area contributed by atoms with Crippen molar-refractivity contribution in [1.29, 1.82) is 0 Å². The van der Waals surface area contributed by atoms with E-state index in [-0.39, 0.29) is 11.7 Å². The maximum atomic E-state index is 12.2. The first-order chi connectivity index (χ1) is 10.1. The summed E-state index contributed by atoms with van der Waals surface area (Å²) >= 11 is 6.44. The number of hydrogen-bond acceptors (Lipinski definition) is 5. The fourth-order valence-electron chi connectivity index (χ4n) is 1.83. The number of ether oxygens (including phenoxy) is 1. The number of thioether (sulfide) groups is 1. The second-order valence-corrected chi connectivity index (χ2v) is 5.92. The van der Waals surface area contributed by atoms with Gasteiger partial charge in [0.15, 0.2) is 11.5 Å². The van der Waals surface area contributed by atoms with Crippen molar-refractivity contribution in [3.05, 3.63) is 41.3 Å². The van der Waals surface area contributed by atoms with E-state index in [0.717, 1.165) is 5.56 Å². The van der Waals surface area contributed by atoms with Gasteiger partial charge in [-0.25, -0.2) is 0 Å². The number of benzene rings is 1. The molecule has 1 aromatic carbocycles. The molecule has 1 heterocycles. The van der Waals surface area contributed by atoms with E-state index < -0.39 is 0 Å². The molecule has 4 nitrogen and oxygen atoms in total. The van der Waals surface area contributed by atoms with Crippen LogP contribution in [-0.4, -0.2) is 33.4 Å². The van der Waals surface area contributed by atoms with Gasteiger partial charge < -0.3 is 9.84 Å². The van der Waals surface area contributed by atoms with Crippen molar-refractivity contribution in [2.75, 3.05) is 13.2 Å². The summed E-state index contributed by atoms with van der Waals surface area (Å²) in [7, 11) is 0. The molecule has 1 aliphatic rings. The van der Waals surface area contributed by atoms with Crippen molar-refractivity contribution >= 4 is 40.3 Å². The van der Waals surface area contributed by atoms with Crippen molar-refractivity contribution in [2.45, 2.75) is 6.92 Å². The molecule has 0 atom stereocenters. The highest BCUT2D eigenvalue weighted by Crippen LogP contribution is 2.34. The first-order valence-electron chi connectivity index (χ1n) is 6.39. The molecular formula is C15H15NO3S2. The molecule has 0 bridgehead atoms. The van der Waals surface area contributed by atoms with Gasteiger partial charge in [0.2, 0.25) is 0 Å². The third-order valence-electron chi connectivity index (χ3n) is 2.77. The molecule has 1 N–H and O–H groups in total.